The Hall–Kier alpha value is -3.32. The molecule has 5 heterocycles. The van der Waals surface area contributed by atoms with Crippen molar-refractivity contribution in [3.05, 3.63) is 89.8 Å². The molecule has 1 aromatic carbocycles. The number of nitrogens with zero attached hydrogens (tertiary/aromatic N) is 4. The van der Waals surface area contributed by atoms with Gasteiger partial charge >= 0.3 is 0 Å². The summed E-state index contributed by atoms with van der Waals surface area (Å²) in [6.07, 6.45) is 6.40. The average molecular weight is 399 g/mol. The van der Waals surface area contributed by atoms with Crippen molar-refractivity contribution in [2.45, 2.75) is 30.6 Å². The third-order valence-electron chi connectivity index (χ3n) is 6.32. The number of carbonyl (C=O) groups excluding carboxylic acids is 1. The third kappa shape index (κ3) is 2.69. The van der Waals surface area contributed by atoms with Crippen LogP contribution in [0.25, 0.3) is 0 Å². The summed E-state index contributed by atoms with van der Waals surface area (Å²) in [4.78, 5) is 24.3. The van der Waals surface area contributed by atoms with E-state index in [1.54, 1.807) is 6.20 Å². The molecule has 7 nitrogen and oxygen atoms in total. The Bertz CT molecular complexity index is 1110. The molecule has 0 aliphatic carbocycles. The maximum absolute atomic E-state index is 13.4. The summed E-state index contributed by atoms with van der Waals surface area (Å²) in [6, 6.07) is 15.9. The Morgan fingerprint density at radius 2 is 2.03 bits per heavy atom. The lowest BCUT2D eigenvalue weighted by atomic mass is 9.77. The van der Waals surface area contributed by atoms with Gasteiger partial charge < -0.3 is 9.64 Å². The molecule has 7 heteroatoms. The zero-order chi connectivity index (χ0) is 20.1. The van der Waals surface area contributed by atoms with Gasteiger partial charge in [-0.15, -0.1) is 0 Å². The summed E-state index contributed by atoms with van der Waals surface area (Å²) in [5.74, 6) is 1.09. The molecule has 4 atom stereocenters. The summed E-state index contributed by atoms with van der Waals surface area (Å²) < 4.78 is 6.33. The van der Waals surface area contributed by atoms with E-state index in [0.29, 0.717) is 25.3 Å². The first-order valence-electron chi connectivity index (χ1n) is 10.2. The van der Waals surface area contributed by atoms with Crippen molar-refractivity contribution in [3.63, 3.8) is 0 Å². The highest BCUT2D eigenvalue weighted by molar-refractivity contribution is 5.86. The van der Waals surface area contributed by atoms with Gasteiger partial charge in [-0.25, -0.2) is 4.98 Å². The molecule has 2 saturated heterocycles. The van der Waals surface area contributed by atoms with E-state index in [4.69, 9.17) is 9.72 Å². The number of aromatic amines is 1. The Morgan fingerprint density at radius 3 is 2.87 bits per heavy atom. The fourth-order valence-electron chi connectivity index (χ4n) is 5.02. The standard InChI is InChI=1S/C23H21N5O2/c29-22-20-19(21-25-18(26-27-21)12-15-6-2-1-3-7-15)17-9-10-23(20,30-17)14-28(22)13-16-8-4-5-11-24-16/h1-11,17,19-20H,12-14H2,(H,25,26,27)/t17-,19+,20-,23-/m1/s1. The number of carbonyl (C=O) groups is 1. The lowest BCUT2D eigenvalue weighted by Crippen LogP contribution is -2.35. The second-order valence-corrected chi connectivity index (χ2v) is 8.22. The monoisotopic (exact) mass is 399 g/mol. The number of pyridine rings is 1. The van der Waals surface area contributed by atoms with Crippen LogP contribution in [0, 0.1) is 5.92 Å². The number of ether oxygens (including phenoxy) is 1. The van der Waals surface area contributed by atoms with Gasteiger partial charge in [-0.05, 0) is 17.7 Å². The van der Waals surface area contributed by atoms with Crippen LogP contribution in [0.15, 0.2) is 66.9 Å². The van der Waals surface area contributed by atoms with Crippen LogP contribution in [0.5, 0.6) is 0 Å². The van der Waals surface area contributed by atoms with Gasteiger partial charge in [0.1, 0.15) is 11.4 Å². The lowest BCUT2D eigenvalue weighted by molar-refractivity contribution is -0.132. The van der Waals surface area contributed by atoms with Crippen molar-refractivity contribution in [1.82, 2.24) is 25.1 Å². The number of rotatable bonds is 5. The Morgan fingerprint density at radius 1 is 1.17 bits per heavy atom. The molecule has 2 aromatic heterocycles. The number of benzene rings is 1. The van der Waals surface area contributed by atoms with E-state index in [1.807, 2.05) is 41.3 Å². The topological polar surface area (TPSA) is 84.0 Å². The van der Waals surface area contributed by atoms with Gasteiger partial charge in [0.05, 0.1) is 36.7 Å². The number of hydrogen-bond donors (Lipinski definition) is 1. The molecule has 0 radical (unpaired) electrons. The van der Waals surface area contributed by atoms with Gasteiger partial charge in [-0.3, -0.25) is 14.9 Å². The summed E-state index contributed by atoms with van der Waals surface area (Å²) in [5.41, 5.74) is 1.46. The number of fused-ring (bicyclic) bond motifs is 1. The number of H-pyrrole nitrogens is 1. The van der Waals surface area contributed by atoms with Crippen molar-refractivity contribution in [2.24, 2.45) is 5.92 Å². The van der Waals surface area contributed by atoms with Gasteiger partial charge in [-0.2, -0.15) is 5.10 Å². The van der Waals surface area contributed by atoms with E-state index in [-0.39, 0.29) is 23.8 Å². The molecular weight excluding hydrogens is 378 g/mol. The van der Waals surface area contributed by atoms with Crippen LogP contribution in [-0.4, -0.2) is 49.2 Å². The summed E-state index contributed by atoms with van der Waals surface area (Å²) in [5, 5.41) is 7.54. The second-order valence-electron chi connectivity index (χ2n) is 8.22. The van der Waals surface area contributed by atoms with Gasteiger partial charge in [0.2, 0.25) is 5.91 Å². The number of amides is 1. The first kappa shape index (κ1) is 17.5. The van der Waals surface area contributed by atoms with E-state index in [1.165, 1.54) is 5.56 Å². The largest absolute Gasteiger partial charge is 0.360 e. The number of likely N-dealkylation sites (tertiary alicyclic amines) is 1. The fraction of sp³-hybridized carbons (Fsp3) is 0.304. The number of nitrogens with one attached hydrogen (secondary N) is 1. The second kappa shape index (κ2) is 6.60. The molecule has 1 spiro atoms. The van der Waals surface area contributed by atoms with E-state index in [9.17, 15) is 4.79 Å². The lowest BCUT2D eigenvalue weighted by Gasteiger charge is -2.22. The molecule has 3 aliphatic heterocycles. The molecule has 1 amide bonds. The van der Waals surface area contributed by atoms with Crippen molar-refractivity contribution < 1.29 is 9.53 Å². The normalized spacial score (nSPS) is 29.0. The highest BCUT2D eigenvalue weighted by Gasteiger charge is 2.66. The van der Waals surface area contributed by atoms with E-state index < -0.39 is 5.60 Å². The van der Waals surface area contributed by atoms with Gasteiger partial charge in [-0.1, -0.05) is 48.6 Å². The predicted molar refractivity (Wildman–Crippen MR) is 108 cm³/mol. The van der Waals surface area contributed by atoms with Crippen LogP contribution in [-0.2, 0) is 22.5 Å². The predicted octanol–water partition coefficient (Wildman–Crippen LogP) is 2.24. The summed E-state index contributed by atoms with van der Waals surface area (Å²) in [6.45, 7) is 1.03. The molecule has 150 valence electrons. The molecule has 3 aliphatic rings. The summed E-state index contributed by atoms with van der Waals surface area (Å²) >= 11 is 0. The van der Waals surface area contributed by atoms with E-state index in [0.717, 1.165) is 11.5 Å². The molecule has 0 saturated carbocycles. The van der Waals surface area contributed by atoms with Crippen molar-refractivity contribution in [2.75, 3.05) is 6.54 Å². The van der Waals surface area contributed by atoms with Crippen molar-refractivity contribution in [1.29, 1.82) is 0 Å². The van der Waals surface area contributed by atoms with Crippen molar-refractivity contribution >= 4 is 5.91 Å². The Kier molecular flexibility index (Phi) is 3.86. The van der Waals surface area contributed by atoms with Crippen LogP contribution < -0.4 is 0 Å². The molecule has 6 rings (SSSR count). The quantitative estimate of drug-likeness (QED) is 0.665. The van der Waals surface area contributed by atoms with Crippen LogP contribution in [0.3, 0.4) is 0 Å². The van der Waals surface area contributed by atoms with E-state index in [2.05, 4.69) is 39.5 Å². The molecule has 0 unspecified atom stereocenters. The first-order chi connectivity index (χ1) is 14.7. The number of aromatic nitrogens is 4. The molecule has 30 heavy (non-hydrogen) atoms. The average Bonchev–Trinajstić information content (AvgIpc) is 3.52. The molecule has 3 aromatic rings. The number of hydrogen-bond acceptors (Lipinski definition) is 5. The molecule has 2 fully saturated rings. The molecule has 1 N–H and O–H groups in total. The van der Waals surface area contributed by atoms with Crippen molar-refractivity contribution in [3.8, 4) is 0 Å². The third-order valence-corrected chi connectivity index (χ3v) is 6.32. The van der Waals surface area contributed by atoms with Gasteiger partial charge in [0, 0.05) is 12.6 Å². The zero-order valence-corrected chi connectivity index (χ0v) is 16.3. The Labute approximate surface area is 173 Å². The minimum Gasteiger partial charge on any atom is -0.360 e. The first-order valence-corrected chi connectivity index (χ1v) is 10.2. The van der Waals surface area contributed by atoms with Crippen LogP contribution in [0.2, 0.25) is 0 Å². The maximum Gasteiger partial charge on any atom is 0.230 e. The van der Waals surface area contributed by atoms with Gasteiger partial charge in [0.15, 0.2) is 5.82 Å². The Balaban J connectivity index is 1.26. The minimum absolute atomic E-state index is 0.0897. The molecule has 2 bridgehead atoms. The van der Waals surface area contributed by atoms with E-state index >= 15 is 0 Å². The van der Waals surface area contributed by atoms with Gasteiger partial charge in [0.25, 0.3) is 0 Å². The zero-order valence-electron chi connectivity index (χ0n) is 16.3. The van der Waals surface area contributed by atoms with Crippen LogP contribution >= 0.6 is 0 Å². The van der Waals surface area contributed by atoms with Crippen LogP contribution in [0.4, 0.5) is 0 Å². The SMILES string of the molecule is O=C1[C@H]2[C@@H](c3n[nH]c(Cc4ccccc4)n3)[C@H]3C=C[C@]2(CN1Cc1ccccn1)O3. The summed E-state index contributed by atoms with van der Waals surface area (Å²) in [7, 11) is 0. The smallest absolute Gasteiger partial charge is 0.230 e. The fourth-order valence-corrected chi connectivity index (χ4v) is 5.02. The molecular formula is C23H21N5O2. The maximum atomic E-state index is 13.4. The highest BCUT2D eigenvalue weighted by Crippen LogP contribution is 2.55. The minimum atomic E-state index is -0.582. The van der Waals surface area contributed by atoms with Crippen LogP contribution in [0.1, 0.15) is 28.8 Å². The highest BCUT2D eigenvalue weighted by atomic mass is 16.5.